The predicted octanol–water partition coefficient (Wildman–Crippen LogP) is 2.35. The Morgan fingerprint density at radius 2 is 1.69 bits per heavy atom. The van der Waals surface area contributed by atoms with E-state index >= 15 is 0 Å². The summed E-state index contributed by atoms with van der Waals surface area (Å²) >= 11 is 0. The largest absolute Gasteiger partial charge is 0.381 e. The summed E-state index contributed by atoms with van der Waals surface area (Å²) < 4.78 is 5.56. The van der Waals surface area contributed by atoms with E-state index in [0.717, 1.165) is 58.5 Å². The standard InChI is InChI=1S/C21H37N3O2/c25-21(18-5-3-6-18)24(14-13-22-10-1-2-11-22)20-7-4-12-23(17-20)19-8-15-26-16-9-19/h18-20H,1-17H2. The zero-order chi connectivity index (χ0) is 17.8. The first-order valence-electron chi connectivity index (χ1n) is 11.2. The molecule has 3 saturated heterocycles. The molecule has 1 amide bonds. The third-order valence-electron chi connectivity index (χ3n) is 7.17. The number of piperidine rings is 1. The first-order chi connectivity index (χ1) is 12.8. The average Bonchev–Trinajstić information content (AvgIpc) is 3.15. The number of amides is 1. The van der Waals surface area contributed by atoms with Crippen LogP contribution in [0.5, 0.6) is 0 Å². The van der Waals surface area contributed by atoms with E-state index in [9.17, 15) is 4.79 Å². The molecule has 1 aliphatic carbocycles. The Balaban J connectivity index is 1.38. The smallest absolute Gasteiger partial charge is 0.226 e. The molecule has 0 aromatic carbocycles. The average molecular weight is 364 g/mol. The molecule has 0 aromatic rings. The van der Waals surface area contributed by atoms with Crippen LogP contribution in [-0.2, 0) is 9.53 Å². The van der Waals surface area contributed by atoms with E-state index in [1.807, 2.05) is 0 Å². The minimum absolute atomic E-state index is 0.326. The normalized spacial score (nSPS) is 29.6. The van der Waals surface area contributed by atoms with Gasteiger partial charge in [-0.25, -0.2) is 0 Å². The van der Waals surface area contributed by atoms with Crippen LogP contribution in [0.4, 0.5) is 0 Å². The zero-order valence-corrected chi connectivity index (χ0v) is 16.4. The summed E-state index contributed by atoms with van der Waals surface area (Å²) in [7, 11) is 0. The van der Waals surface area contributed by atoms with Gasteiger partial charge in [-0.3, -0.25) is 9.69 Å². The SMILES string of the molecule is O=C(C1CCC1)N(CCN1CCCC1)C1CCCN(C2CCOCC2)C1. The lowest BCUT2D eigenvalue weighted by Crippen LogP contribution is -2.56. The van der Waals surface area contributed by atoms with Crippen molar-refractivity contribution in [2.75, 3.05) is 52.5 Å². The number of hydrogen-bond acceptors (Lipinski definition) is 4. The lowest BCUT2D eigenvalue weighted by Gasteiger charge is -2.45. The van der Waals surface area contributed by atoms with Gasteiger partial charge in [-0.15, -0.1) is 0 Å². The summed E-state index contributed by atoms with van der Waals surface area (Å²) in [6.07, 6.45) is 10.9. The molecule has 0 aromatic heterocycles. The van der Waals surface area contributed by atoms with Gasteiger partial charge in [-0.05, 0) is 71.0 Å². The Kier molecular flexibility index (Phi) is 6.49. The molecule has 1 saturated carbocycles. The highest BCUT2D eigenvalue weighted by atomic mass is 16.5. The number of ether oxygens (including phenoxy) is 1. The summed E-state index contributed by atoms with van der Waals surface area (Å²) in [6, 6.07) is 1.10. The molecule has 3 aliphatic heterocycles. The minimum atomic E-state index is 0.326. The Morgan fingerprint density at radius 3 is 2.38 bits per heavy atom. The first kappa shape index (κ1) is 18.7. The fraction of sp³-hybridized carbons (Fsp3) is 0.952. The molecule has 3 heterocycles. The molecule has 0 bridgehead atoms. The number of rotatable bonds is 6. The van der Waals surface area contributed by atoms with E-state index in [4.69, 9.17) is 4.74 Å². The molecule has 0 N–H and O–H groups in total. The van der Waals surface area contributed by atoms with Gasteiger partial charge in [0.05, 0.1) is 0 Å². The highest BCUT2D eigenvalue weighted by molar-refractivity contribution is 5.80. The third kappa shape index (κ3) is 4.42. The van der Waals surface area contributed by atoms with Crippen LogP contribution in [0.3, 0.4) is 0 Å². The molecule has 5 heteroatoms. The lowest BCUT2D eigenvalue weighted by atomic mass is 9.83. The fourth-order valence-corrected chi connectivity index (χ4v) is 5.24. The third-order valence-corrected chi connectivity index (χ3v) is 7.17. The van der Waals surface area contributed by atoms with Gasteiger partial charge < -0.3 is 14.5 Å². The van der Waals surface area contributed by atoms with Crippen molar-refractivity contribution in [1.29, 1.82) is 0 Å². The second kappa shape index (κ2) is 9.03. The number of nitrogens with zero attached hydrogens (tertiary/aromatic N) is 3. The Morgan fingerprint density at radius 1 is 0.923 bits per heavy atom. The number of carbonyl (C=O) groups is 1. The van der Waals surface area contributed by atoms with Gasteiger partial charge in [0.1, 0.15) is 0 Å². The molecular weight excluding hydrogens is 326 g/mol. The van der Waals surface area contributed by atoms with E-state index < -0.39 is 0 Å². The van der Waals surface area contributed by atoms with Crippen LogP contribution in [0.25, 0.3) is 0 Å². The van der Waals surface area contributed by atoms with Crippen molar-refractivity contribution in [3.63, 3.8) is 0 Å². The Bertz CT molecular complexity index is 456. The molecular formula is C21H37N3O2. The van der Waals surface area contributed by atoms with Gasteiger partial charge in [0.2, 0.25) is 5.91 Å². The monoisotopic (exact) mass is 363 g/mol. The lowest BCUT2D eigenvalue weighted by molar-refractivity contribution is -0.142. The van der Waals surface area contributed by atoms with E-state index in [1.165, 1.54) is 51.7 Å². The van der Waals surface area contributed by atoms with Crippen molar-refractivity contribution in [1.82, 2.24) is 14.7 Å². The summed E-state index contributed by atoms with van der Waals surface area (Å²) in [5.74, 6) is 0.793. The van der Waals surface area contributed by atoms with Crippen LogP contribution < -0.4 is 0 Å². The molecule has 148 valence electrons. The minimum Gasteiger partial charge on any atom is -0.381 e. The van der Waals surface area contributed by atoms with Gasteiger partial charge >= 0.3 is 0 Å². The maximum Gasteiger partial charge on any atom is 0.226 e. The molecule has 26 heavy (non-hydrogen) atoms. The van der Waals surface area contributed by atoms with E-state index in [1.54, 1.807) is 0 Å². The second-order valence-corrected chi connectivity index (χ2v) is 8.84. The molecule has 0 spiro atoms. The topological polar surface area (TPSA) is 36.0 Å². The van der Waals surface area contributed by atoms with Crippen molar-refractivity contribution in [3.8, 4) is 0 Å². The number of hydrogen-bond donors (Lipinski definition) is 0. The second-order valence-electron chi connectivity index (χ2n) is 8.84. The van der Waals surface area contributed by atoms with E-state index in [0.29, 0.717) is 23.9 Å². The van der Waals surface area contributed by atoms with Crippen LogP contribution in [0.2, 0.25) is 0 Å². The highest BCUT2D eigenvalue weighted by Gasteiger charge is 2.36. The molecule has 1 unspecified atom stereocenters. The van der Waals surface area contributed by atoms with Crippen molar-refractivity contribution in [2.45, 2.75) is 69.9 Å². The Labute approximate surface area is 159 Å². The molecule has 4 fully saturated rings. The maximum atomic E-state index is 13.2. The quantitative estimate of drug-likeness (QED) is 0.726. The van der Waals surface area contributed by atoms with Crippen LogP contribution in [0, 0.1) is 5.92 Å². The summed E-state index contributed by atoms with van der Waals surface area (Å²) in [5, 5.41) is 0. The summed E-state index contributed by atoms with van der Waals surface area (Å²) in [6.45, 7) is 8.58. The number of carbonyl (C=O) groups excluding carboxylic acids is 1. The molecule has 5 nitrogen and oxygen atoms in total. The van der Waals surface area contributed by atoms with Crippen LogP contribution in [0.15, 0.2) is 0 Å². The predicted molar refractivity (Wildman–Crippen MR) is 103 cm³/mol. The highest BCUT2D eigenvalue weighted by Crippen LogP contribution is 2.31. The van der Waals surface area contributed by atoms with Gasteiger partial charge in [0.25, 0.3) is 0 Å². The van der Waals surface area contributed by atoms with E-state index in [-0.39, 0.29) is 0 Å². The van der Waals surface area contributed by atoms with Crippen LogP contribution >= 0.6 is 0 Å². The first-order valence-corrected chi connectivity index (χ1v) is 11.2. The summed E-state index contributed by atoms with van der Waals surface area (Å²) in [4.78, 5) is 20.7. The van der Waals surface area contributed by atoms with Gasteiger partial charge in [0, 0.05) is 50.8 Å². The van der Waals surface area contributed by atoms with Crippen LogP contribution in [-0.4, -0.2) is 85.2 Å². The number of likely N-dealkylation sites (tertiary alicyclic amines) is 2. The van der Waals surface area contributed by atoms with Gasteiger partial charge in [-0.1, -0.05) is 6.42 Å². The van der Waals surface area contributed by atoms with Crippen molar-refractivity contribution in [2.24, 2.45) is 5.92 Å². The van der Waals surface area contributed by atoms with Crippen molar-refractivity contribution < 1.29 is 9.53 Å². The van der Waals surface area contributed by atoms with E-state index in [2.05, 4.69) is 14.7 Å². The van der Waals surface area contributed by atoms with Gasteiger partial charge in [-0.2, -0.15) is 0 Å². The molecule has 0 radical (unpaired) electrons. The molecule has 4 rings (SSSR count). The zero-order valence-electron chi connectivity index (χ0n) is 16.4. The van der Waals surface area contributed by atoms with Crippen LogP contribution in [0.1, 0.15) is 57.8 Å². The summed E-state index contributed by atoms with van der Waals surface area (Å²) in [5.41, 5.74) is 0. The van der Waals surface area contributed by atoms with Crippen molar-refractivity contribution in [3.05, 3.63) is 0 Å². The molecule has 1 atom stereocenters. The fourth-order valence-electron chi connectivity index (χ4n) is 5.24. The molecule has 4 aliphatic rings. The van der Waals surface area contributed by atoms with Crippen molar-refractivity contribution >= 4 is 5.91 Å². The Hall–Kier alpha value is -0.650. The maximum absolute atomic E-state index is 13.2. The van der Waals surface area contributed by atoms with Gasteiger partial charge in [0.15, 0.2) is 0 Å².